The van der Waals surface area contributed by atoms with Crippen LogP contribution in [0.15, 0.2) is 12.4 Å². The smallest absolute Gasteiger partial charge is 0.352 e. The molecule has 0 bridgehead atoms. The molecule has 1 aromatic heterocycles. The van der Waals surface area contributed by atoms with Crippen LogP contribution in [0.25, 0.3) is 0 Å². The van der Waals surface area contributed by atoms with Gasteiger partial charge in [-0.3, -0.25) is 9.48 Å². The summed E-state index contributed by atoms with van der Waals surface area (Å²) in [5.74, 6) is -4.91. The highest BCUT2D eigenvalue weighted by atomic mass is 19.3. The predicted octanol–water partition coefficient (Wildman–Crippen LogP) is 2.03. The van der Waals surface area contributed by atoms with Gasteiger partial charge in [-0.05, 0) is 25.2 Å². The van der Waals surface area contributed by atoms with Gasteiger partial charge in [0.2, 0.25) is 0 Å². The zero-order valence-electron chi connectivity index (χ0n) is 11.6. The standard InChI is InChI=1S/C13H19F2N3O2/c1-9(2)7-18-8-10(6-16-18)17-11(19)13(14,15)12(20)4-3-5-12/h6,8-9,20H,3-5,7H2,1-2H3,(H,17,19). The minimum Gasteiger partial charge on any atom is -0.383 e. The van der Waals surface area contributed by atoms with Crippen LogP contribution < -0.4 is 5.32 Å². The molecule has 0 radical (unpaired) electrons. The monoisotopic (exact) mass is 287 g/mol. The number of halogens is 2. The van der Waals surface area contributed by atoms with Crippen LogP contribution in [0, 0.1) is 5.92 Å². The van der Waals surface area contributed by atoms with E-state index in [2.05, 4.69) is 10.4 Å². The van der Waals surface area contributed by atoms with Gasteiger partial charge in [0.15, 0.2) is 0 Å². The summed E-state index contributed by atoms with van der Waals surface area (Å²) in [5, 5.41) is 15.8. The zero-order valence-corrected chi connectivity index (χ0v) is 11.6. The lowest BCUT2D eigenvalue weighted by Gasteiger charge is -2.41. The summed E-state index contributed by atoms with van der Waals surface area (Å²) in [6, 6.07) is 0. The maximum atomic E-state index is 13.9. The number of hydrogen-bond donors (Lipinski definition) is 2. The molecule has 0 spiro atoms. The molecule has 0 unspecified atom stereocenters. The Kier molecular flexibility index (Phi) is 3.82. The van der Waals surface area contributed by atoms with Crippen molar-refractivity contribution in [1.82, 2.24) is 9.78 Å². The van der Waals surface area contributed by atoms with Gasteiger partial charge in [-0.2, -0.15) is 13.9 Å². The van der Waals surface area contributed by atoms with Gasteiger partial charge in [0.1, 0.15) is 5.60 Å². The van der Waals surface area contributed by atoms with Crippen LogP contribution in [-0.2, 0) is 11.3 Å². The third kappa shape index (κ3) is 2.67. The molecule has 0 aromatic carbocycles. The second kappa shape index (κ2) is 5.12. The van der Waals surface area contributed by atoms with E-state index >= 15 is 0 Å². The van der Waals surface area contributed by atoms with E-state index in [1.54, 1.807) is 4.68 Å². The predicted molar refractivity (Wildman–Crippen MR) is 69.4 cm³/mol. The maximum Gasteiger partial charge on any atom is 0.352 e. The highest BCUT2D eigenvalue weighted by Crippen LogP contribution is 2.44. The van der Waals surface area contributed by atoms with Crippen LogP contribution in [0.2, 0.25) is 0 Å². The van der Waals surface area contributed by atoms with Crippen molar-refractivity contribution in [3.05, 3.63) is 12.4 Å². The molecular formula is C13H19F2N3O2. The van der Waals surface area contributed by atoms with Crippen LogP contribution >= 0.6 is 0 Å². The van der Waals surface area contributed by atoms with Gasteiger partial charge in [0, 0.05) is 12.7 Å². The number of alkyl halides is 2. The minimum absolute atomic E-state index is 0.0555. The summed E-state index contributed by atoms with van der Waals surface area (Å²) >= 11 is 0. The molecule has 2 rings (SSSR count). The molecule has 1 fully saturated rings. The fourth-order valence-corrected chi connectivity index (χ4v) is 2.15. The second-order valence-electron chi connectivity index (χ2n) is 5.76. The van der Waals surface area contributed by atoms with E-state index in [0.29, 0.717) is 18.9 Å². The third-order valence-electron chi connectivity index (χ3n) is 3.49. The number of anilines is 1. The molecule has 20 heavy (non-hydrogen) atoms. The van der Waals surface area contributed by atoms with E-state index in [1.165, 1.54) is 12.4 Å². The second-order valence-corrected chi connectivity index (χ2v) is 5.76. The first-order valence-corrected chi connectivity index (χ1v) is 6.69. The highest BCUT2D eigenvalue weighted by Gasteiger charge is 2.61. The molecule has 1 aliphatic carbocycles. The number of nitrogens with one attached hydrogen (secondary N) is 1. The fraction of sp³-hybridized carbons (Fsp3) is 0.692. The van der Waals surface area contributed by atoms with Gasteiger partial charge < -0.3 is 10.4 Å². The van der Waals surface area contributed by atoms with Crippen molar-refractivity contribution in [3.63, 3.8) is 0 Å². The van der Waals surface area contributed by atoms with Crippen molar-refractivity contribution in [1.29, 1.82) is 0 Å². The lowest BCUT2D eigenvalue weighted by atomic mass is 9.75. The fourth-order valence-electron chi connectivity index (χ4n) is 2.15. The Hall–Kier alpha value is -1.50. The van der Waals surface area contributed by atoms with Gasteiger partial charge >= 0.3 is 5.92 Å². The van der Waals surface area contributed by atoms with Crippen molar-refractivity contribution < 1.29 is 18.7 Å². The van der Waals surface area contributed by atoms with E-state index in [1.807, 2.05) is 13.8 Å². The number of carbonyl (C=O) groups excluding carboxylic acids is 1. The molecule has 0 saturated heterocycles. The van der Waals surface area contributed by atoms with Gasteiger partial charge in [0.05, 0.1) is 11.9 Å². The van der Waals surface area contributed by atoms with Gasteiger partial charge in [-0.1, -0.05) is 13.8 Å². The summed E-state index contributed by atoms with van der Waals surface area (Å²) in [5.41, 5.74) is -2.00. The summed E-state index contributed by atoms with van der Waals surface area (Å²) in [6.07, 6.45) is 3.21. The van der Waals surface area contributed by atoms with Crippen molar-refractivity contribution in [2.45, 2.75) is 51.2 Å². The summed E-state index contributed by atoms with van der Waals surface area (Å²) in [7, 11) is 0. The van der Waals surface area contributed by atoms with Crippen LogP contribution in [-0.4, -0.2) is 32.3 Å². The van der Waals surface area contributed by atoms with Crippen molar-refractivity contribution >= 4 is 11.6 Å². The lowest BCUT2D eigenvalue weighted by Crippen LogP contribution is -2.59. The van der Waals surface area contributed by atoms with Gasteiger partial charge in [-0.25, -0.2) is 0 Å². The Morgan fingerprint density at radius 2 is 2.25 bits per heavy atom. The van der Waals surface area contributed by atoms with Crippen molar-refractivity contribution in [2.75, 3.05) is 5.32 Å². The average Bonchev–Trinajstić information content (AvgIpc) is 2.72. The van der Waals surface area contributed by atoms with E-state index in [4.69, 9.17) is 0 Å². The molecule has 7 heteroatoms. The molecule has 1 amide bonds. The zero-order chi connectivity index (χ0) is 15.0. The Morgan fingerprint density at radius 3 is 2.75 bits per heavy atom. The molecule has 0 aliphatic heterocycles. The molecule has 1 aliphatic rings. The Balaban J connectivity index is 2.02. The number of nitrogens with zero attached hydrogens (tertiary/aromatic N) is 2. The van der Waals surface area contributed by atoms with Crippen molar-refractivity contribution in [2.24, 2.45) is 5.92 Å². The first-order chi connectivity index (χ1) is 9.24. The Morgan fingerprint density at radius 1 is 1.60 bits per heavy atom. The largest absolute Gasteiger partial charge is 0.383 e. The highest BCUT2D eigenvalue weighted by molar-refractivity contribution is 5.97. The molecule has 1 aromatic rings. The molecular weight excluding hydrogens is 268 g/mol. The third-order valence-corrected chi connectivity index (χ3v) is 3.49. The topological polar surface area (TPSA) is 67.2 Å². The quantitative estimate of drug-likeness (QED) is 0.870. The van der Waals surface area contributed by atoms with E-state index in [-0.39, 0.29) is 18.5 Å². The maximum absolute atomic E-state index is 13.9. The van der Waals surface area contributed by atoms with E-state index in [0.717, 1.165) is 0 Å². The first kappa shape index (κ1) is 14.9. The summed E-state index contributed by atoms with van der Waals surface area (Å²) in [6.45, 7) is 4.64. The van der Waals surface area contributed by atoms with E-state index < -0.39 is 17.4 Å². The number of carbonyl (C=O) groups is 1. The SMILES string of the molecule is CC(C)Cn1cc(NC(=O)C(F)(F)C2(O)CCC2)cn1. The van der Waals surface area contributed by atoms with Gasteiger partial charge in [0.25, 0.3) is 5.91 Å². The van der Waals surface area contributed by atoms with E-state index in [9.17, 15) is 18.7 Å². The minimum atomic E-state index is -3.79. The van der Waals surface area contributed by atoms with Crippen LogP contribution in [0.5, 0.6) is 0 Å². The average molecular weight is 287 g/mol. The summed E-state index contributed by atoms with van der Waals surface area (Å²) < 4.78 is 29.3. The first-order valence-electron chi connectivity index (χ1n) is 6.69. The Bertz CT molecular complexity index is 496. The number of rotatable bonds is 5. The lowest BCUT2D eigenvalue weighted by molar-refractivity contribution is -0.212. The van der Waals surface area contributed by atoms with Crippen molar-refractivity contribution in [3.8, 4) is 0 Å². The van der Waals surface area contributed by atoms with Crippen LogP contribution in [0.4, 0.5) is 14.5 Å². The molecule has 1 heterocycles. The molecule has 2 N–H and O–H groups in total. The molecule has 112 valence electrons. The number of aliphatic hydroxyl groups is 1. The van der Waals surface area contributed by atoms with Crippen LogP contribution in [0.1, 0.15) is 33.1 Å². The van der Waals surface area contributed by atoms with Crippen LogP contribution in [0.3, 0.4) is 0 Å². The molecule has 1 saturated carbocycles. The number of amides is 1. The number of hydrogen-bond acceptors (Lipinski definition) is 3. The van der Waals surface area contributed by atoms with Gasteiger partial charge in [-0.15, -0.1) is 0 Å². The summed E-state index contributed by atoms with van der Waals surface area (Å²) in [4.78, 5) is 11.6. The normalized spacial score (nSPS) is 17.9. The molecule has 0 atom stereocenters. The Labute approximate surface area is 116 Å². The number of aromatic nitrogens is 2. The molecule has 5 nitrogen and oxygen atoms in total.